The molecular formula is C31H34ClN3O3. The Morgan fingerprint density at radius 3 is 2.21 bits per heavy atom. The summed E-state index contributed by atoms with van der Waals surface area (Å²) in [6.45, 7) is 7.66. The van der Waals surface area contributed by atoms with Gasteiger partial charge in [0.05, 0.1) is 17.5 Å². The summed E-state index contributed by atoms with van der Waals surface area (Å²) >= 11 is 6.25. The van der Waals surface area contributed by atoms with E-state index in [1.54, 1.807) is 19.2 Å². The first-order valence-corrected chi connectivity index (χ1v) is 13.1. The van der Waals surface area contributed by atoms with Crippen molar-refractivity contribution in [2.24, 2.45) is 5.41 Å². The lowest BCUT2D eigenvalue weighted by atomic mass is 9.73. The van der Waals surface area contributed by atoms with Crippen LogP contribution in [0.15, 0.2) is 85.2 Å². The molecule has 1 fully saturated rings. The first-order valence-electron chi connectivity index (χ1n) is 12.8. The third kappa shape index (κ3) is 6.37. The number of hydrogen-bond donors (Lipinski definition) is 2. The molecule has 4 rings (SSSR count). The average Bonchev–Trinajstić information content (AvgIpc) is 2.94. The molecule has 3 aromatic carbocycles. The number of ether oxygens (including phenoxy) is 1. The van der Waals surface area contributed by atoms with E-state index in [2.05, 4.69) is 29.3 Å². The minimum atomic E-state index is -0.545. The zero-order chi connectivity index (χ0) is 27.1. The highest BCUT2D eigenvalue weighted by Gasteiger charge is 2.41. The number of hydrogen-bond acceptors (Lipinski definition) is 4. The van der Waals surface area contributed by atoms with E-state index in [-0.39, 0.29) is 11.8 Å². The molecule has 0 aliphatic carbocycles. The monoisotopic (exact) mass is 531 g/mol. The van der Waals surface area contributed by atoms with Gasteiger partial charge in [0, 0.05) is 25.2 Å². The number of carbonyl (C=O) groups is 2. The summed E-state index contributed by atoms with van der Waals surface area (Å²) in [7, 11) is 1.54. The quantitative estimate of drug-likeness (QED) is 0.382. The first kappa shape index (κ1) is 27.3. The van der Waals surface area contributed by atoms with E-state index in [4.69, 9.17) is 16.3 Å². The van der Waals surface area contributed by atoms with E-state index in [0.29, 0.717) is 61.1 Å². The van der Waals surface area contributed by atoms with Gasteiger partial charge in [-0.15, -0.1) is 0 Å². The summed E-state index contributed by atoms with van der Waals surface area (Å²) in [6, 6.07) is 23.4. The van der Waals surface area contributed by atoms with Crippen LogP contribution in [-0.2, 0) is 17.8 Å². The number of methoxy groups -OCH3 is 1. The van der Waals surface area contributed by atoms with Gasteiger partial charge in [-0.05, 0) is 55.0 Å². The van der Waals surface area contributed by atoms with Gasteiger partial charge in [-0.1, -0.05) is 78.8 Å². The molecule has 0 unspecified atom stereocenters. The van der Waals surface area contributed by atoms with Gasteiger partial charge >= 0.3 is 0 Å². The van der Waals surface area contributed by atoms with Crippen LogP contribution >= 0.6 is 11.6 Å². The molecule has 0 spiro atoms. The maximum absolute atomic E-state index is 13.6. The molecule has 0 saturated carbocycles. The van der Waals surface area contributed by atoms with E-state index in [1.807, 2.05) is 60.4 Å². The Bertz CT molecular complexity index is 1290. The lowest BCUT2D eigenvalue weighted by Crippen LogP contribution is -2.51. The number of rotatable bonds is 9. The SMILES string of the molecule is C=C(NC(=O)c1cc(Cl)c(OC)cc1C)N1CCC(Cc2ccccc2)(C(=O)NCc2ccccc2)CC1. The Balaban J connectivity index is 1.43. The summed E-state index contributed by atoms with van der Waals surface area (Å²) in [5.41, 5.74) is 2.88. The van der Waals surface area contributed by atoms with Gasteiger partial charge in [0.25, 0.3) is 5.91 Å². The van der Waals surface area contributed by atoms with Crippen molar-refractivity contribution >= 4 is 23.4 Å². The third-order valence-corrected chi connectivity index (χ3v) is 7.56. The van der Waals surface area contributed by atoms with Crippen molar-refractivity contribution < 1.29 is 14.3 Å². The molecule has 0 atom stereocenters. The van der Waals surface area contributed by atoms with Crippen LogP contribution in [0, 0.1) is 12.3 Å². The molecule has 2 amide bonds. The van der Waals surface area contributed by atoms with Gasteiger partial charge in [-0.2, -0.15) is 0 Å². The number of nitrogens with one attached hydrogen (secondary N) is 2. The van der Waals surface area contributed by atoms with Gasteiger partial charge in [0.2, 0.25) is 5.91 Å². The van der Waals surface area contributed by atoms with Crippen molar-refractivity contribution in [3.63, 3.8) is 0 Å². The number of piperidine rings is 1. The molecule has 0 radical (unpaired) electrons. The number of amides is 2. The second-order valence-electron chi connectivity index (χ2n) is 9.80. The molecule has 2 N–H and O–H groups in total. The number of benzene rings is 3. The van der Waals surface area contributed by atoms with Crippen LogP contribution in [0.1, 0.15) is 39.9 Å². The van der Waals surface area contributed by atoms with Gasteiger partial charge in [0.15, 0.2) is 0 Å². The number of likely N-dealkylation sites (tertiary alicyclic amines) is 1. The predicted molar refractivity (Wildman–Crippen MR) is 151 cm³/mol. The van der Waals surface area contributed by atoms with Crippen molar-refractivity contribution in [3.8, 4) is 5.75 Å². The summed E-state index contributed by atoms with van der Waals surface area (Å²) in [6.07, 6.45) is 1.94. The summed E-state index contributed by atoms with van der Waals surface area (Å²) in [5.74, 6) is 0.817. The van der Waals surface area contributed by atoms with E-state index in [1.165, 1.54) is 0 Å². The molecule has 0 bridgehead atoms. The second kappa shape index (κ2) is 12.2. The average molecular weight is 532 g/mol. The molecule has 3 aromatic rings. The maximum atomic E-state index is 13.6. The molecule has 6 nitrogen and oxygen atoms in total. The molecule has 1 aliphatic rings. The molecule has 198 valence electrons. The number of aryl methyl sites for hydroxylation is 1. The van der Waals surface area contributed by atoms with Crippen molar-refractivity contribution in [2.45, 2.75) is 32.7 Å². The molecule has 1 heterocycles. The van der Waals surface area contributed by atoms with Crippen molar-refractivity contribution in [3.05, 3.63) is 112 Å². The van der Waals surface area contributed by atoms with Gasteiger partial charge in [-0.3, -0.25) is 9.59 Å². The van der Waals surface area contributed by atoms with Crippen molar-refractivity contribution in [1.29, 1.82) is 0 Å². The molecular weight excluding hydrogens is 498 g/mol. The van der Waals surface area contributed by atoms with E-state index in [0.717, 1.165) is 16.7 Å². The Labute approximate surface area is 229 Å². The Morgan fingerprint density at radius 1 is 1.00 bits per heavy atom. The van der Waals surface area contributed by atoms with Crippen LogP contribution in [0.25, 0.3) is 0 Å². The van der Waals surface area contributed by atoms with Crippen LogP contribution in [0.4, 0.5) is 0 Å². The standard InChI is InChI=1S/C31H34ClN3O3/c1-22-18-28(38-3)27(32)19-26(22)29(36)34-23(2)35-16-14-31(15-17-35,20-24-10-6-4-7-11-24)30(37)33-21-25-12-8-5-9-13-25/h4-13,18-19H,2,14-17,20-21H2,1,3H3,(H,33,37)(H,34,36). The summed E-state index contributed by atoms with van der Waals surface area (Å²) in [5, 5.41) is 6.47. The predicted octanol–water partition coefficient (Wildman–Crippen LogP) is 5.50. The fourth-order valence-electron chi connectivity index (χ4n) is 4.97. The Morgan fingerprint density at radius 2 is 1.61 bits per heavy atom. The first-order chi connectivity index (χ1) is 18.3. The molecule has 7 heteroatoms. The van der Waals surface area contributed by atoms with E-state index >= 15 is 0 Å². The van der Waals surface area contributed by atoms with E-state index in [9.17, 15) is 9.59 Å². The van der Waals surface area contributed by atoms with E-state index < -0.39 is 5.41 Å². The number of carbonyl (C=O) groups excluding carboxylic acids is 2. The highest BCUT2D eigenvalue weighted by Crippen LogP contribution is 2.36. The van der Waals surface area contributed by atoms with Gasteiger partial charge < -0.3 is 20.3 Å². The highest BCUT2D eigenvalue weighted by atomic mass is 35.5. The number of nitrogens with zero attached hydrogens (tertiary/aromatic N) is 1. The minimum Gasteiger partial charge on any atom is -0.495 e. The largest absolute Gasteiger partial charge is 0.495 e. The Hall–Kier alpha value is -3.77. The lowest BCUT2D eigenvalue weighted by molar-refractivity contribution is -0.133. The normalized spacial score (nSPS) is 14.4. The van der Waals surface area contributed by atoms with Crippen LogP contribution in [0.5, 0.6) is 5.75 Å². The Kier molecular flexibility index (Phi) is 8.74. The fourth-order valence-corrected chi connectivity index (χ4v) is 5.22. The highest BCUT2D eigenvalue weighted by molar-refractivity contribution is 6.32. The zero-order valence-electron chi connectivity index (χ0n) is 21.9. The van der Waals surface area contributed by atoms with Crippen LogP contribution < -0.4 is 15.4 Å². The molecule has 1 saturated heterocycles. The fraction of sp³-hybridized carbons (Fsp3) is 0.290. The van der Waals surface area contributed by atoms with Crippen molar-refractivity contribution in [2.75, 3.05) is 20.2 Å². The molecule has 1 aliphatic heterocycles. The van der Waals surface area contributed by atoms with Gasteiger partial charge in [-0.25, -0.2) is 0 Å². The minimum absolute atomic E-state index is 0.0583. The summed E-state index contributed by atoms with van der Waals surface area (Å²) in [4.78, 5) is 28.7. The number of halogens is 1. The van der Waals surface area contributed by atoms with Gasteiger partial charge in [0.1, 0.15) is 11.6 Å². The van der Waals surface area contributed by atoms with Crippen LogP contribution in [0.3, 0.4) is 0 Å². The van der Waals surface area contributed by atoms with Crippen LogP contribution in [0.2, 0.25) is 5.02 Å². The topological polar surface area (TPSA) is 70.7 Å². The van der Waals surface area contributed by atoms with Crippen LogP contribution in [-0.4, -0.2) is 36.9 Å². The lowest BCUT2D eigenvalue weighted by Gasteiger charge is -2.42. The van der Waals surface area contributed by atoms with Crippen molar-refractivity contribution in [1.82, 2.24) is 15.5 Å². The molecule has 0 aromatic heterocycles. The smallest absolute Gasteiger partial charge is 0.257 e. The maximum Gasteiger partial charge on any atom is 0.257 e. The second-order valence-corrected chi connectivity index (χ2v) is 10.2. The third-order valence-electron chi connectivity index (χ3n) is 7.27. The zero-order valence-corrected chi connectivity index (χ0v) is 22.7. The molecule has 38 heavy (non-hydrogen) atoms. The summed E-state index contributed by atoms with van der Waals surface area (Å²) < 4.78 is 5.24.